The fourth-order valence-corrected chi connectivity index (χ4v) is 7.20. The van der Waals surface area contributed by atoms with Crippen LogP contribution >= 0.6 is 11.8 Å². The Morgan fingerprint density at radius 3 is 1.60 bits per heavy atom. The lowest BCUT2D eigenvalue weighted by Gasteiger charge is -2.36. The molecule has 0 heterocycles. The van der Waals surface area contributed by atoms with Gasteiger partial charge >= 0.3 is 5.97 Å². The lowest BCUT2D eigenvalue weighted by atomic mass is 9.84. The van der Waals surface area contributed by atoms with Gasteiger partial charge in [0.15, 0.2) is 0 Å². The monoisotopic (exact) mass is 600 g/mol. The summed E-state index contributed by atoms with van der Waals surface area (Å²) >= 11 is 1.57. The first kappa shape index (κ1) is 31.2. The van der Waals surface area contributed by atoms with Crippen LogP contribution in [0.2, 0.25) is 0 Å². The molecule has 218 valence electrons. The Hall–Kier alpha value is -3.72. The molecule has 6 nitrogen and oxygen atoms in total. The molecule has 0 aliphatic rings. The van der Waals surface area contributed by atoms with Gasteiger partial charge in [-0.05, 0) is 49.6 Å². The lowest BCUT2D eigenvalue weighted by Crippen LogP contribution is -2.49. The van der Waals surface area contributed by atoms with Crippen LogP contribution in [-0.2, 0) is 30.1 Å². The number of hydrogen-bond donors (Lipinski definition) is 2. The fourth-order valence-electron chi connectivity index (χ4n) is 4.54. The predicted octanol–water partition coefficient (Wildman–Crippen LogP) is 5.85. The number of carbonyl (C=O) groups is 2. The average molecular weight is 601 g/mol. The fraction of sp³-hybridized carbons (Fsp3) is 0.235. The smallest absolute Gasteiger partial charge is 0.325 e. The number of esters is 1. The number of carbonyl (C=O) groups excluding carboxylic acids is 2. The van der Waals surface area contributed by atoms with Crippen LogP contribution in [0.4, 0.5) is 0 Å². The van der Waals surface area contributed by atoms with Gasteiger partial charge in [0, 0.05) is 5.75 Å². The molecule has 2 unspecified atom stereocenters. The van der Waals surface area contributed by atoms with Crippen LogP contribution in [0.25, 0.3) is 0 Å². The van der Waals surface area contributed by atoms with E-state index in [1.807, 2.05) is 60.7 Å². The summed E-state index contributed by atoms with van der Waals surface area (Å²) in [5.41, 5.74) is 2.46. The van der Waals surface area contributed by atoms with Crippen molar-refractivity contribution in [1.29, 1.82) is 0 Å². The van der Waals surface area contributed by atoms with E-state index in [2.05, 4.69) is 46.4 Å². The number of benzene rings is 4. The van der Waals surface area contributed by atoms with Crippen molar-refractivity contribution in [1.82, 2.24) is 10.0 Å². The van der Waals surface area contributed by atoms with Gasteiger partial charge in [0.25, 0.3) is 0 Å². The third-order valence-corrected chi connectivity index (χ3v) is 9.20. The van der Waals surface area contributed by atoms with Crippen molar-refractivity contribution < 1.29 is 18.5 Å². The molecule has 1 amide bonds. The SMILES string of the molecule is CC(C)(C)OC(=O)CNC(=O)C(CSC(c1ccccc1)(c1ccccc1)c1ccccc1)NS(=O)c1ccccc1. The minimum atomic E-state index is -1.67. The summed E-state index contributed by atoms with van der Waals surface area (Å²) in [7, 11) is -1.67. The molecule has 0 saturated heterocycles. The predicted molar refractivity (Wildman–Crippen MR) is 170 cm³/mol. The van der Waals surface area contributed by atoms with Gasteiger partial charge in [-0.2, -0.15) is 0 Å². The van der Waals surface area contributed by atoms with Crippen LogP contribution in [0.15, 0.2) is 126 Å². The summed E-state index contributed by atoms with van der Waals surface area (Å²) in [4.78, 5) is 26.5. The number of ether oxygens (including phenoxy) is 1. The van der Waals surface area contributed by atoms with E-state index in [4.69, 9.17) is 4.74 Å². The second-order valence-electron chi connectivity index (χ2n) is 10.6. The lowest BCUT2D eigenvalue weighted by molar-refractivity contribution is -0.154. The molecule has 2 N–H and O–H groups in total. The normalized spacial score (nSPS) is 13.1. The van der Waals surface area contributed by atoms with Gasteiger partial charge in [0.1, 0.15) is 29.2 Å². The molecule has 0 aliphatic carbocycles. The molecule has 4 rings (SSSR count). The van der Waals surface area contributed by atoms with Crippen LogP contribution in [0.1, 0.15) is 37.5 Å². The maximum Gasteiger partial charge on any atom is 0.325 e. The van der Waals surface area contributed by atoms with Gasteiger partial charge in [-0.1, -0.05) is 109 Å². The van der Waals surface area contributed by atoms with E-state index in [9.17, 15) is 13.8 Å². The van der Waals surface area contributed by atoms with Gasteiger partial charge < -0.3 is 10.1 Å². The molecule has 4 aromatic carbocycles. The Bertz CT molecular complexity index is 1360. The minimum Gasteiger partial charge on any atom is -0.459 e. The van der Waals surface area contributed by atoms with Gasteiger partial charge in [-0.15, -0.1) is 11.8 Å². The highest BCUT2D eigenvalue weighted by molar-refractivity contribution is 8.00. The summed E-state index contributed by atoms with van der Waals surface area (Å²) in [6.45, 7) is 5.02. The topological polar surface area (TPSA) is 84.5 Å². The third-order valence-electron chi connectivity index (χ3n) is 6.36. The molecule has 0 bridgehead atoms. The molecule has 0 saturated carbocycles. The van der Waals surface area contributed by atoms with Crippen molar-refractivity contribution in [3.05, 3.63) is 138 Å². The molecule has 2 atom stereocenters. The van der Waals surface area contributed by atoms with Crippen molar-refractivity contribution in [2.24, 2.45) is 0 Å². The van der Waals surface area contributed by atoms with E-state index in [0.29, 0.717) is 4.90 Å². The first-order valence-electron chi connectivity index (χ1n) is 13.7. The van der Waals surface area contributed by atoms with E-state index < -0.39 is 39.3 Å². The Labute approximate surface area is 254 Å². The molecule has 0 spiro atoms. The van der Waals surface area contributed by atoms with Gasteiger partial charge in [0.2, 0.25) is 5.91 Å². The summed E-state index contributed by atoms with van der Waals surface area (Å²) in [5, 5.41) is 2.69. The standard InChI is InChI=1S/C34H36N2O4S2/c1-33(2,3)40-31(37)24-35-32(38)30(36-42(39)29-22-14-7-15-23-29)25-41-34(26-16-8-4-9-17-26,27-18-10-5-11-19-27)28-20-12-6-13-21-28/h4-23,30,36H,24-25H2,1-3H3,(H,35,38). The van der Waals surface area contributed by atoms with E-state index in [1.54, 1.807) is 56.8 Å². The maximum absolute atomic E-state index is 13.6. The molecule has 8 heteroatoms. The molecule has 0 aliphatic heterocycles. The van der Waals surface area contributed by atoms with Gasteiger partial charge in [-0.3, -0.25) is 9.59 Å². The number of thioether (sulfide) groups is 1. The van der Waals surface area contributed by atoms with Gasteiger partial charge in [-0.25, -0.2) is 8.93 Å². The summed E-state index contributed by atoms with van der Waals surface area (Å²) in [6.07, 6.45) is 0. The van der Waals surface area contributed by atoms with E-state index in [0.717, 1.165) is 16.7 Å². The number of hydrogen-bond acceptors (Lipinski definition) is 5. The quantitative estimate of drug-likeness (QED) is 0.157. The molecule has 0 fully saturated rings. The molecule has 0 radical (unpaired) electrons. The van der Waals surface area contributed by atoms with Crippen LogP contribution in [0, 0.1) is 0 Å². The highest BCUT2D eigenvalue weighted by atomic mass is 32.2. The Morgan fingerprint density at radius 1 is 0.738 bits per heavy atom. The number of nitrogens with one attached hydrogen (secondary N) is 2. The minimum absolute atomic E-state index is 0.247. The van der Waals surface area contributed by atoms with E-state index in [-0.39, 0.29) is 12.3 Å². The summed E-state index contributed by atoms with van der Waals surface area (Å²) in [5.74, 6) is -0.739. The number of amides is 1. The largest absolute Gasteiger partial charge is 0.459 e. The molecule has 42 heavy (non-hydrogen) atoms. The van der Waals surface area contributed by atoms with Crippen molar-refractivity contribution in [3.8, 4) is 0 Å². The molecular weight excluding hydrogens is 565 g/mol. The Morgan fingerprint density at radius 2 is 1.17 bits per heavy atom. The third kappa shape index (κ3) is 8.18. The molecule has 0 aromatic heterocycles. The summed E-state index contributed by atoms with van der Waals surface area (Å²) < 4.78 is 21.0. The second-order valence-corrected chi connectivity index (χ2v) is 13.1. The van der Waals surface area contributed by atoms with Crippen molar-refractivity contribution >= 4 is 34.6 Å². The average Bonchev–Trinajstić information content (AvgIpc) is 3.00. The van der Waals surface area contributed by atoms with Crippen molar-refractivity contribution in [3.63, 3.8) is 0 Å². The van der Waals surface area contributed by atoms with Gasteiger partial charge in [0.05, 0.1) is 9.64 Å². The summed E-state index contributed by atoms with van der Waals surface area (Å²) in [6, 6.07) is 38.5. The van der Waals surface area contributed by atoms with Crippen molar-refractivity contribution in [2.45, 2.75) is 42.1 Å². The second kappa shape index (κ2) is 14.4. The van der Waals surface area contributed by atoms with Crippen LogP contribution < -0.4 is 10.0 Å². The van der Waals surface area contributed by atoms with Crippen LogP contribution in [0.3, 0.4) is 0 Å². The molecule has 4 aromatic rings. The molecular formula is C34H36N2O4S2. The van der Waals surface area contributed by atoms with Crippen molar-refractivity contribution in [2.75, 3.05) is 12.3 Å². The van der Waals surface area contributed by atoms with E-state index in [1.165, 1.54) is 0 Å². The Kier molecular flexibility index (Phi) is 10.7. The zero-order valence-electron chi connectivity index (χ0n) is 24.0. The first-order chi connectivity index (χ1) is 20.2. The highest BCUT2D eigenvalue weighted by Gasteiger charge is 2.38. The Balaban J connectivity index is 1.69. The first-order valence-corrected chi connectivity index (χ1v) is 15.9. The van der Waals surface area contributed by atoms with Crippen LogP contribution in [-0.4, -0.2) is 40.0 Å². The maximum atomic E-state index is 13.6. The highest BCUT2D eigenvalue weighted by Crippen LogP contribution is 2.48. The van der Waals surface area contributed by atoms with E-state index >= 15 is 0 Å². The van der Waals surface area contributed by atoms with Crippen LogP contribution in [0.5, 0.6) is 0 Å². The zero-order chi connectivity index (χ0) is 30.0. The zero-order valence-corrected chi connectivity index (χ0v) is 25.6. The number of rotatable bonds is 12.